The highest BCUT2D eigenvalue weighted by molar-refractivity contribution is 7.98. The fraction of sp³-hybridized carbons (Fsp3) is 0.278. The summed E-state index contributed by atoms with van der Waals surface area (Å²) < 4.78 is 44.3. The van der Waals surface area contributed by atoms with E-state index in [0.717, 1.165) is 12.1 Å². The van der Waals surface area contributed by atoms with E-state index in [1.54, 1.807) is 20.1 Å². The Morgan fingerprint density at radius 2 is 2.00 bits per heavy atom. The summed E-state index contributed by atoms with van der Waals surface area (Å²) in [5, 5.41) is 0.446. The van der Waals surface area contributed by atoms with E-state index in [2.05, 4.69) is 9.97 Å². The number of ketones is 1. The number of rotatable bonds is 6. The fourth-order valence-corrected chi connectivity index (χ4v) is 2.66. The Kier molecular flexibility index (Phi) is 6.42. The maximum Gasteiger partial charge on any atom is 0.416 e. The number of allylic oxidation sites excluding steroid dienone is 2. The van der Waals surface area contributed by atoms with Crippen LogP contribution >= 0.6 is 11.8 Å². The summed E-state index contributed by atoms with van der Waals surface area (Å²) in [6.07, 6.45) is -1.25. The summed E-state index contributed by atoms with van der Waals surface area (Å²) in [6.45, 7) is 3.65. The highest BCUT2D eigenvalue weighted by Gasteiger charge is 2.31. The Morgan fingerprint density at radius 1 is 1.27 bits per heavy atom. The van der Waals surface area contributed by atoms with Gasteiger partial charge in [-0.05, 0) is 38.3 Å². The van der Waals surface area contributed by atoms with Gasteiger partial charge in [0.05, 0.1) is 23.4 Å². The minimum Gasteiger partial charge on any atom is -0.498 e. The zero-order valence-electron chi connectivity index (χ0n) is 14.4. The fourth-order valence-electron chi connectivity index (χ4n) is 2.30. The lowest BCUT2D eigenvalue weighted by molar-refractivity contribution is -0.137. The number of benzene rings is 1. The van der Waals surface area contributed by atoms with E-state index in [9.17, 15) is 18.0 Å². The predicted octanol–water partition coefficient (Wildman–Crippen LogP) is 4.87. The van der Waals surface area contributed by atoms with E-state index in [-0.39, 0.29) is 11.1 Å². The van der Waals surface area contributed by atoms with Crippen molar-refractivity contribution in [1.82, 2.24) is 9.97 Å². The molecule has 0 saturated heterocycles. The zero-order chi connectivity index (χ0) is 19.3. The van der Waals surface area contributed by atoms with E-state index in [0.29, 0.717) is 23.2 Å². The molecule has 0 atom stereocenters. The van der Waals surface area contributed by atoms with Gasteiger partial charge in [0.1, 0.15) is 5.76 Å². The van der Waals surface area contributed by atoms with Crippen molar-refractivity contribution in [3.63, 3.8) is 0 Å². The quantitative estimate of drug-likeness (QED) is 0.235. The Morgan fingerprint density at radius 3 is 2.62 bits per heavy atom. The first-order chi connectivity index (χ1) is 12.3. The molecule has 2 rings (SSSR count). The van der Waals surface area contributed by atoms with Crippen molar-refractivity contribution in [3.05, 3.63) is 59.1 Å². The van der Waals surface area contributed by atoms with Gasteiger partial charge in [-0.3, -0.25) is 4.79 Å². The minimum atomic E-state index is -4.53. The SMILES string of the molecule is CCOC(C)=C(C(=O)c1cccc(C(F)(F)F)c1)c1ccnc(SC)n1. The van der Waals surface area contributed by atoms with Crippen molar-refractivity contribution in [2.45, 2.75) is 25.2 Å². The van der Waals surface area contributed by atoms with E-state index >= 15 is 0 Å². The van der Waals surface area contributed by atoms with Gasteiger partial charge >= 0.3 is 6.18 Å². The molecule has 0 aliphatic rings. The summed E-state index contributed by atoms with van der Waals surface area (Å²) in [4.78, 5) is 21.3. The number of aromatic nitrogens is 2. The van der Waals surface area contributed by atoms with E-state index in [1.807, 2.05) is 0 Å². The summed E-state index contributed by atoms with van der Waals surface area (Å²) >= 11 is 1.29. The Hall–Kier alpha value is -2.35. The van der Waals surface area contributed by atoms with Crippen LogP contribution in [0.4, 0.5) is 13.2 Å². The standard InChI is InChI=1S/C18H17F3N2O2S/c1-4-25-11(2)15(14-8-9-22-17(23-14)26-3)16(24)12-6-5-7-13(10-12)18(19,20)21/h5-10H,4H2,1-3H3. The van der Waals surface area contributed by atoms with Gasteiger partial charge < -0.3 is 4.74 Å². The molecular formula is C18H17F3N2O2S. The number of nitrogens with zero attached hydrogens (tertiary/aromatic N) is 2. The van der Waals surface area contributed by atoms with Gasteiger partial charge in [0.15, 0.2) is 10.9 Å². The third-order valence-electron chi connectivity index (χ3n) is 3.46. The zero-order valence-corrected chi connectivity index (χ0v) is 15.2. The van der Waals surface area contributed by atoms with Crippen molar-refractivity contribution in [2.24, 2.45) is 0 Å². The molecule has 2 aromatic rings. The topological polar surface area (TPSA) is 52.1 Å². The maximum absolute atomic E-state index is 13.0. The van der Waals surface area contributed by atoms with Gasteiger partial charge in [0, 0.05) is 11.8 Å². The number of Topliss-reactive ketones (excluding diaryl/α,β-unsaturated/α-hetero) is 1. The predicted molar refractivity (Wildman–Crippen MR) is 93.8 cm³/mol. The molecule has 0 spiro atoms. The molecule has 1 aromatic carbocycles. The molecule has 4 nitrogen and oxygen atoms in total. The molecule has 0 unspecified atom stereocenters. The molecule has 0 aliphatic carbocycles. The minimum absolute atomic E-state index is 0.0850. The molecular weight excluding hydrogens is 365 g/mol. The number of halogens is 3. The van der Waals surface area contributed by atoms with Crippen LogP contribution in [0.3, 0.4) is 0 Å². The summed E-state index contributed by atoms with van der Waals surface area (Å²) in [6, 6.07) is 5.83. The highest BCUT2D eigenvalue weighted by Crippen LogP contribution is 2.31. The summed E-state index contributed by atoms with van der Waals surface area (Å²) in [5.41, 5.74) is -0.552. The molecule has 0 N–H and O–H groups in total. The molecule has 0 aliphatic heterocycles. The van der Waals surface area contributed by atoms with E-state index in [1.165, 1.54) is 36.2 Å². The van der Waals surface area contributed by atoms with Gasteiger partial charge in [0.25, 0.3) is 0 Å². The molecule has 138 valence electrons. The van der Waals surface area contributed by atoms with E-state index in [4.69, 9.17) is 4.74 Å². The summed E-state index contributed by atoms with van der Waals surface area (Å²) in [7, 11) is 0. The van der Waals surface area contributed by atoms with Crippen LogP contribution in [0.25, 0.3) is 5.57 Å². The molecule has 26 heavy (non-hydrogen) atoms. The number of hydrogen-bond donors (Lipinski definition) is 0. The van der Waals surface area contributed by atoms with Gasteiger partial charge in [-0.25, -0.2) is 9.97 Å². The second-order valence-electron chi connectivity index (χ2n) is 5.20. The first kappa shape index (κ1) is 20.0. The van der Waals surface area contributed by atoms with Gasteiger partial charge in [0.2, 0.25) is 0 Å². The van der Waals surface area contributed by atoms with Gasteiger partial charge in [-0.2, -0.15) is 13.2 Å². The highest BCUT2D eigenvalue weighted by atomic mass is 32.2. The number of ether oxygens (including phenoxy) is 1. The van der Waals surface area contributed by atoms with Crippen LogP contribution < -0.4 is 0 Å². The Bertz CT molecular complexity index is 835. The van der Waals surface area contributed by atoms with Crippen molar-refractivity contribution in [1.29, 1.82) is 0 Å². The lowest BCUT2D eigenvalue weighted by Crippen LogP contribution is -2.11. The van der Waals surface area contributed by atoms with Crippen LogP contribution in [0.5, 0.6) is 0 Å². The van der Waals surface area contributed by atoms with Crippen LogP contribution in [0.2, 0.25) is 0 Å². The Balaban J connectivity index is 2.56. The normalized spacial score (nSPS) is 12.5. The van der Waals surface area contributed by atoms with Gasteiger partial charge in [-0.15, -0.1) is 0 Å². The van der Waals surface area contributed by atoms with Crippen LogP contribution in [0.1, 0.15) is 35.5 Å². The van der Waals surface area contributed by atoms with Crippen LogP contribution in [0.15, 0.2) is 47.4 Å². The number of alkyl halides is 3. The molecule has 0 bridgehead atoms. The van der Waals surface area contributed by atoms with Crippen molar-refractivity contribution in [3.8, 4) is 0 Å². The molecule has 0 amide bonds. The van der Waals surface area contributed by atoms with Crippen molar-refractivity contribution >= 4 is 23.1 Å². The third-order valence-corrected chi connectivity index (χ3v) is 4.03. The smallest absolute Gasteiger partial charge is 0.416 e. The van der Waals surface area contributed by atoms with Crippen LogP contribution in [-0.4, -0.2) is 28.6 Å². The second kappa shape index (κ2) is 8.35. The van der Waals surface area contributed by atoms with Crippen molar-refractivity contribution in [2.75, 3.05) is 12.9 Å². The molecule has 1 heterocycles. The monoisotopic (exact) mass is 382 g/mol. The van der Waals surface area contributed by atoms with E-state index < -0.39 is 17.5 Å². The first-order valence-corrected chi connectivity index (χ1v) is 8.93. The molecule has 0 radical (unpaired) electrons. The average molecular weight is 382 g/mol. The first-order valence-electron chi connectivity index (χ1n) is 7.71. The van der Waals surface area contributed by atoms with Crippen molar-refractivity contribution < 1.29 is 22.7 Å². The van der Waals surface area contributed by atoms with Crippen LogP contribution in [0, 0.1) is 0 Å². The third kappa shape index (κ3) is 4.63. The van der Waals surface area contributed by atoms with Crippen LogP contribution in [-0.2, 0) is 10.9 Å². The molecule has 8 heteroatoms. The lowest BCUT2D eigenvalue weighted by Gasteiger charge is -2.13. The van der Waals surface area contributed by atoms with Gasteiger partial charge in [-0.1, -0.05) is 23.9 Å². The molecule has 1 aromatic heterocycles. The molecule has 0 saturated carbocycles. The number of hydrogen-bond acceptors (Lipinski definition) is 5. The largest absolute Gasteiger partial charge is 0.498 e. The summed E-state index contributed by atoms with van der Waals surface area (Å²) in [5.74, 6) is -0.298. The average Bonchev–Trinajstić information content (AvgIpc) is 2.61. The number of carbonyl (C=O) groups excluding carboxylic acids is 1. The lowest BCUT2D eigenvalue weighted by atomic mass is 9.98. The number of thioether (sulfide) groups is 1. The Labute approximate surface area is 153 Å². The second-order valence-corrected chi connectivity index (χ2v) is 5.97. The molecule has 0 fully saturated rings. The maximum atomic E-state index is 13.0. The number of carbonyl (C=O) groups is 1.